The van der Waals surface area contributed by atoms with Crippen LogP contribution in [-0.4, -0.2) is 5.75 Å². The van der Waals surface area contributed by atoms with Crippen LogP contribution < -0.4 is 5.73 Å². The minimum Gasteiger partial charge on any atom is -0.399 e. The molecule has 1 rings (SSSR count). The monoisotopic (exact) mass is 177 g/mol. The van der Waals surface area contributed by atoms with Gasteiger partial charge >= 0.3 is 0 Å². The van der Waals surface area contributed by atoms with Gasteiger partial charge in [0.1, 0.15) is 0 Å². The number of hydrogen-bond donors (Lipinski definition) is 1. The van der Waals surface area contributed by atoms with Crippen LogP contribution in [0.2, 0.25) is 0 Å². The topological polar surface area (TPSA) is 26.0 Å². The summed E-state index contributed by atoms with van der Waals surface area (Å²) in [6, 6.07) is 7.84. The van der Waals surface area contributed by atoms with Gasteiger partial charge in [-0.05, 0) is 25.1 Å². The fourth-order valence-corrected chi connectivity index (χ4v) is 1.57. The van der Waals surface area contributed by atoms with Crippen molar-refractivity contribution in [2.75, 3.05) is 11.5 Å². The third-order valence-electron chi connectivity index (χ3n) is 1.35. The van der Waals surface area contributed by atoms with E-state index in [1.54, 1.807) is 11.8 Å². The molecule has 0 aliphatic carbocycles. The zero-order chi connectivity index (χ0) is 8.81. The van der Waals surface area contributed by atoms with Crippen LogP contribution >= 0.6 is 11.8 Å². The van der Waals surface area contributed by atoms with Crippen molar-refractivity contribution < 1.29 is 0 Å². The van der Waals surface area contributed by atoms with E-state index in [2.05, 4.69) is 11.8 Å². The Kier molecular flexibility index (Phi) is 3.56. The largest absolute Gasteiger partial charge is 0.399 e. The molecule has 0 unspecified atom stereocenters. The van der Waals surface area contributed by atoms with E-state index < -0.39 is 0 Å². The Morgan fingerprint density at radius 2 is 2.33 bits per heavy atom. The molecule has 62 valence electrons. The molecular formula is C10H11NS. The predicted molar refractivity (Wildman–Crippen MR) is 55.0 cm³/mol. The summed E-state index contributed by atoms with van der Waals surface area (Å²) < 4.78 is 0. The normalized spacial score (nSPS) is 8.75. The number of nitrogens with two attached hydrogens (primary N) is 1. The molecule has 0 bridgehead atoms. The van der Waals surface area contributed by atoms with E-state index >= 15 is 0 Å². The molecule has 12 heavy (non-hydrogen) atoms. The molecule has 1 nitrogen and oxygen atoms in total. The molecule has 1 aromatic carbocycles. The van der Waals surface area contributed by atoms with Crippen molar-refractivity contribution >= 4 is 17.4 Å². The van der Waals surface area contributed by atoms with Crippen molar-refractivity contribution in [3.8, 4) is 11.8 Å². The highest BCUT2D eigenvalue weighted by Gasteiger charge is 1.91. The first-order valence-electron chi connectivity index (χ1n) is 3.71. The Labute approximate surface area is 77.4 Å². The average molecular weight is 177 g/mol. The van der Waals surface area contributed by atoms with E-state index in [4.69, 9.17) is 5.73 Å². The maximum Gasteiger partial charge on any atom is 0.0594 e. The Bertz CT molecular complexity index is 309. The molecule has 0 aliphatic rings. The summed E-state index contributed by atoms with van der Waals surface area (Å²) >= 11 is 1.71. The second-order valence-electron chi connectivity index (χ2n) is 2.29. The number of benzene rings is 1. The molecule has 0 spiro atoms. The van der Waals surface area contributed by atoms with Gasteiger partial charge in [-0.3, -0.25) is 0 Å². The second kappa shape index (κ2) is 4.74. The summed E-state index contributed by atoms with van der Waals surface area (Å²) in [6.45, 7) is 1.85. The molecule has 2 heteroatoms. The number of hydrogen-bond acceptors (Lipinski definition) is 2. The molecule has 0 aliphatic heterocycles. The molecule has 1 aromatic rings. The zero-order valence-corrected chi connectivity index (χ0v) is 7.82. The second-order valence-corrected chi connectivity index (χ2v) is 3.34. The summed E-state index contributed by atoms with van der Waals surface area (Å²) in [6.07, 6.45) is 0. The first-order chi connectivity index (χ1) is 5.83. The van der Waals surface area contributed by atoms with E-state index in [0.29, 0.717) is 0 Å². The van der Waals surface area contributed by atoms with Crippen molar-refractivity contribution in [2.24, 2.45) is 0 Å². The fraction of sp³-hybridized carbons (Fsp3) is 0.200. The first kappa shape index (κ1) is 9.02. The smallest absolute Gasteiger partial charge is 0.0594 e. The summed E-state index contributed by atoms with van der Waals surface area (Å²) in [5.41, 5.74) is 6.42. The quantitative estimate of drug-likeness (QED) is 0.426. The van der Waals surface area contributed by atoms with E-state index in [1.165, 1.54) is 4.90 Å². The number of thioether (sulfide) groups is 1. The lowest BCUT2D eigenvalue weighted by atomic mass is 10.3. The Balaban J connectivity index is 2.55. The standard InChI is InChI=1S/C10H11NS/c1-2-3-7-12-10-6-4-5-9(11)8-10/h4-6,8H,7,11H2,1H3. The van der Waals surface area contributed by atoms with Crippen LogP contribution in [0.25, 0.3) is 0 Å². The van der Waals surface area contributed by atoms with Gasteiger partial charge in [-0.15, -0.1) is 17.7 Å². The molecule has 0 saturated carbocycles. The maximum atomic E-state index is 5.61. The summed E-state index contributed by atoms with van der Waals surface area (Å²) in [4.78, 5) is 1.18. The zero-order valence-electron chi connectivity index (χ0n) is 7.00. The van der Waals surface area contributed by atoms with Crippen LogP contribution in [0.5, 0.6) is 0 Å². The van der Waals surface area contributed by atoms with Gasteiger partial charge < -0.3 is 5.73 Å². The Morgan fingerprint density at radius 1 is 1.50 bits per heavy atom. The van der Waals surface area contributed by atoms with Crippen LogP contribution in [0.3, 0.4) is 0 Å². The molecular weight excluding hydrogens is 166 g/mol. The van der Waals surface area contributed by atoms with Crippen molar-refractivity contribution in [2.45, 2.75) is 11.8 Å². The van der Waals surface area contributed by atoms with E-state index in [-0.39, 0.29) is 0 Å². The molecule has 0 radical (unpaired) electrons. The minimum atomic E-state index is 0.810. The van der Waals surface area contributed by atoms with E-state index in [9.17, 15) is 0 Å². The fourth-order valence-electron chi connectivity index (χ4n) is 0.796. The first-order valence-corrected chi connectivity index (χ1v) is 4.69. The van der Waals surface area contributed by atoms with Gasteiger partial charge in [-0.1, -0.05) is 12.0 Å². The predicted octanol–water partition coefficient (Wildman–Crippen LogP) is 2.38. The number of rotatable bonds is 2. The average Bonchev–Trinajstić information content (AvgIpc) is 2.05. The summed E-state index contributed by atoms with van der Waals surface area (Å²) in [7, 11) is 0. The van der Waals surface area contributed by atoms with Gasteiger partial charge in [0.25, 0.3) is 0 Å². The van der Waals surface area contributed by atoms with Gasteiger partial charge in [-0.25, -0.2) is 0 Å². The van der Waals surface area contributed by atoms with E-state index in [0.717, 1.165) is 11.4 Å². The third-order valence-corrected chi connectivity index (χ3v) is 2.22. The minimum absolute atomic E-state index is 0.810. The van der Waals surface area contributed by atoms with Gasteiger partial charge in [0.15, 0.2) is 0 Å². The number of anilines is 1. The highest BCUT2D eigenvalue weighted by atomic mass is 32.2. The highest BCUT2D eigenvalue weighted by molar-refractivity contribution is 7.99. The van der Waals surface area contributed by atoms with Crippen LogP contribution in [0.1, 0.15) is 6.92 Å². The van der Waals surface area contributed by atoms with Crippen LogP contribution in [0, 0.1) is 11.8 Å². The van der Waals surface area contributed by atoms with Gasteiger partial charge in [0, 0.05) is 10.6 Å². The maximum absolute atomic E-state index is 5.61. The van der Waals surface area contributed by atoms with Gasteiger partial charge in [-0.2, -0.15) is 0 Å². The van der Waals surface area contributed by atoms with Crippen molar-refractivity contribution in [1.82, 2.24) is 0 Å². The van der Waals surface area contributed by atoms with Crippen molar-refractivity contribution in [1.29, 1.82) is 0 Å². The van der Waals surface area contributed by atoms with Gasteiger partial charge in [0.2, 0.25) is 0 Å². The molecule has 2 N–H and O–H groups in total. The lowest BCUT2D eigenvalue weighted by Gasteiger charge is -1.97. The molecule has 0 atom stereocenters. The van der Waals surface area contributed by atoms with Crippen LogP contribution in [0.4, 0.5) is 5.69 Å². The van der Waals surface area contributed by atoms with Crippen molar-refractivity contribution in [3.63, 3.8) is 0 Å². The SMILES string of the molecule is CC#CCSc1cccc(N)c1. The lowest BCUT2D eigenvalue weighted by Crippen LogP contribution is -1.83. The Morgan fingerprint density at radius 3 is 3.00 bits per heavy atom. The van der Waals surface area contributed by atoms with Gasteiger partial charge in [0.05, 0.1) is 5.75 Å². The molecule has 0 fully saturated rings. The summed E-state index contributed by atoms with van der Waals surface area (Å²) in [5, 5.41) is 0. The van der Waals surface area contributed by atoms with Crippen molar-refractivity contribution in [3.05, 3.63) is 24.3 Å². The molecule has 0 heterocycles. The molecule has 0 aromatic heterocycles. The highest BCUT2D eigenvalue weighted by Crippen LogP contribution is 2.19. The molecule has 0 saturated heterocycles. The number of nitrogen functional groups attached to an aromatic ring is 1. The third kappa shape index (κ3) is 2.89. The molecule has 0 amide bonds. The van der Waals surface area contributed by atoms with E-state index in [1.807, 2.05) is 31.2 Å². The Hall–Kier alpha value is -1.07. The summed E-state index contributed by atoms with van der Waals surface area (Å²) in [5.74, 6) is 6.67. The van der Waals surface area contributed by atoms with Crippen LogP contribution in [-0.2, 0) is 0 Å². The van der Waals surface area contributed by atoms with Crippen LogP contribution in [0.15, 0.2) is 29.2 Å². The lowest BCUT2D eigenvalue weighted by molar-refractivity contribution is 1.46.